The minimum absolute atomic E-state index is 0.128. The molecule has 110 valence electrons. The maximum Gasteiger partial charge on any atom is 0.339 e. The number of benzene rings is 1. The predicted molar refractivity (Wildman–Crippen MR) is 84.7 cm³/mol. The number of rotatable bonds is 4. The number of halogens is 1. The Morgan fingerprint density at radius 1 is 1.29 bits per heavy atom. The summed E-state index contributed by atoms with van der Waals surface area (Å²) in [5.41, 5.74) is 3.00. The molecule has 0 aliphatic carbocycles. The van der Waals surface area contributed by atoms with Crippen LogP contribution < -0.4 is 0 Å². The molecular formula is C17H18ClNO2. The molecule has 0 N–H and O–H groups in total. The summed E-state index contributed by atoms with van der Waals surface area (Å²) in [5.74, 6) is -0.199. The number of ether oxygens (including phenoxy) is 1. The first-order valence-electron chi connectivity index (χ1n) is 6.97. The van der Waals surface area contributed by atoms with E-state index in [1.165, 1.54) is 0 Å². The Labute approximate surface area is 129 Å². The number of carbonyl (C=O) groups excluding carboxylic acids is 1. The molecule has 2 rings (SSSR count). The van der Waals surface area contributed by atoms with Crippen molar-refractivity contribution in [2.24, 2.45) is 0 Å². The van der Waals surface area contributed by atoms with Gasteiger partial charge in [-0.25, -0.2) is 4.79 Å². The average Bonchev–Trinajstić information content (AvgIpc) is 2.46. The van der Waals surface area contributed by atoms with Crippen LogP contribution in [0.25, 0.3) is 11.3 Å². The van der Waals surface area contributed by atoms with Crippen molar-refractivity contribution in [3.8, 4) is 11.3 Å². The van der Waals surface area contributed by atoms with Gasteiger partial charge in [-0.05, 0) is 37.1 Å². The lowest BCUT2D eigenvalue weighted by molar-refractivity contribution is 0.0524. The molecule has 3 nitrogen and oxygen atoms in total. The topological polar surface area (TPSA) is 39.2 Å². The molecular weight excluding hydrogens is 286 g/mol. The van der Waals surface area contributed by atoms with E-state index < -0.39 is 0 Å². The lowest BCUT2D eigenvalue weighted by Crippen LogP contribution is -2.11. The highest BCUT2D eigenvalue weighted by molar-refractivity contribution is 6.30. The molecule has 0 unspecified atom stereocenters. The largest absolute Gasteiger partial charge is 0.462 e. The third kappa shape index (κ3) is 3.61. The third-order valence-electron chi connectivity index (χ3n) is 3.09. The van der Waals surface area contributed by atoms with Gasteiger partial charge in [-0.15, -0.1) is 0 Å². The number of nitrogens with zero attached hydrogens (tertiary/aromatic N) is 1. The number of esters is 1. The quantitative estimate of drug-likeness (QED) is 0.768. The second-order valence-electron chi connectivity index (χ2n) is 5.01. The van der Waals surface area contributed by atoms with Crippen LogP contribution in [0.3, 0.4) is 0 Å². The molecule has 0 atom stereocenters. The molecule has 0 aliphatic rings. The SMILES string of the molecule is CCOC(=O)c1ccc(-c2cccc(Cl)c2)nc1C(C)C. The Morgan fingerprint density at radius 2 is 2.05 bits per heavy atom. The summed E-state index contributed by atoms with van der Waals surface area (Å²) in [7, 11) is 0. The van der Waals surface area contributed by atoms with Crippen LogP contribution in [0.4, 0.5) is 0 Å². The molecule has 4 heteroatoms. The van der Waals surface area contributed by atoms with Crippen molar-refractivity contribution >= 4 is 17.6 Å². The van der Waals surface area contributed by atoms with Crippen molar-refractivity contribution in [1.29, 1.82) is 0 Å². The highest BCUT2D eigenvalue weighted by Gasteiger charge is 2.17. The molecule has 0 saturated heterocycles. The highest BCUT2D eigenvalue weighted by Crippen LogP contribution is 2.25. The Kier molecular flexibility index (Phi) is 4.97. The fourth-order valence-electron chi connectivity index (χ4n) is 2.11. The number of carbonyl (C=O) groups is 1. The maximum absolute atomic E-state index is 12.0. The van der Waals surface area contributed by atoms with Gasteiger partial charge < -0.3 is 4.74 Å². The van der Waals surface area contributed by atoms with Gasteiger partial charge in [0.05, 0.1) is 23.6 Å². The molecule has 1 heterocycles. The maximum atomic E-state index is 12.0. The summed E-state index contributed by atoms with van der Waals surface area (Å²) in [6.45, 7) is 6.16. The van der Waals surface area contributed by atoms with Gasteiger partial charge in [-0.2, -0.15) is 0 Å². The Hall–Kier alpha value is -1.87. The molecule has 0 aliphatic heterocycles. The van der Waals surface area contributed by atoms with Gasteiger partial charge >= 0.3 is 5.97 Å². The van der Waals surface area contributed by atoms with E-state index in [0.717, 1.165) is 17.0 Å². The molecule has 0 saturated carbocycles. The van der Waals surface area contributed by atoms with Crippen molar-refractivity contribution in [2.75, 3.05) is 6.61 Å². The molecule has 0 spiro atoms. The van der Waals surface area contributed by atoms with E-state index in [-0.39, 0.29) is 11.9 Å². The van der Waals surface area contributed by atoms with Crippen molar-refractivity contribution in [1.82, 2.24) is 4.98 Å². The average molecular weight is 304 g/mol. The van der Waals surface area contributed by atoms with Crippen LogP contribution in [-0.4, -0.2) is 17.6 Å². The lowest BCUT2D eigenvalue weighted by Gasteiger charge is -2.13. The molecule has 2 aromatic rings. The van der Waals surface area contributed by atoms with Crippen LogP contribution in [0.2, 0.25) is 5.02 Å². The van der Waals surface area contributed by atoms with Gasteiger partial charge in [0, 0.05) is 10.6 Å². The minimum atomic E-state index is -0.327. The van der Waals surface area contributed by atoms with E-state index >= 15 is 0 Å². The standard InChI is InChI=1S/C17H18ClNO2/c1-4-21-17(20)14-8-9-15(19-16(14)11(2)3)12-6-5-7-13(18)10-12/h5-11H,4H2,1-3H3. The van der Waals surface area contributed by atoms with Gasteiger partial charge in [-0.3, -0.25) is 4.98 Å². The number of aromatic nitrogens is 1. The summed E-state index contributed by atoms with van der Waals surface area (Å²) in [4.78, 5) is 16.6. The zero-order valence-electron chi connectivity index (χ0n) is 12.4. The highest BCUT2D eigenvalue weighted by atomic mass is 35.5. The first kappa shape index (κ1) is 15.5. The molecule has 21 heavy (non-hydrogen) atoms. The van der Waals surface area contributed by atoms with Crippen LogP contribution in [0, 0.1) is 0 Å². The number of pyridine rings is 1. The first-order valence-corrected chi connectivity index (χ1v) is 7.34. The Morgan fingerprint density at radius 3 is 2.67 bits per heavy atom. The van der Waals surface area contributed by atoms with E-state index in [9.17, 15) is 4.79 Å². The first-order chi connectivity index (χ1) is 10.0. The normalized spacial score (nSPS) is 10.7. The Balaban J connectivity index is 2.48. The molecule has 0 fully saturated rings. The van der Waals surface area contributed by atoms with Crippen LogP contribution in [0.5, 0.6) is 0 Å². The van der Waals surface area contributed by atoms with Crippen LogP contribution in [-0.2, 0) is 4.74 Å². The van der Waals surface area contributed by atoms with Gasteiger partial charge in [0.15, 0.2) is 0 Å². The van der Waals surface area contributed by atoms with Gasteiger partial charge in [0.2, 0.25) is 0 Å². The summed E-state index contributed by atoms with van der Waals surface area (Å²) < 4.78 is 5.08. The summed E-state index contributed by atoms with van der Waals surface area (Å²) >= 11 is 6.02. The third-order valence-corrected chi connectivity index (χ3v) is 3.32. The number of hydrogen-bond acceptors (Lipinski definition) is 3. The van der Waals surface area contributed by atoms with E-state index in [1.54, 1.807) is 13.0 Å². The molecule has 1 aromatic heterocycles. The van der Waals surface area contributed by atoms with Crippen molar-refractivity contribution in [3.05, 3.63) is 52.7 Å². The minimum Gasteiger partial charge on any atom is -0.462 e. The predicted octanol–water partition coefficient (Wildman–Crippen LogP) is 4.70. The molecule has 0 bridgehead atoms. The summed E-state index contributed by atoms with van der Waals surface area (Å²) in [6.07, 6.45) is 0. The van der Waals surface area contributed by atoms with Gasteiger partial charge in [0.1, 0.15) is 0 Å². The van der Waals surface area contributed by atoms with E-state index in [4.69, 9.17) is 16.3 Å². The van der Waals surface area contributed by atoms with Crippen molar-refractivity contribution < 1.29 is 9.53 Å². The lowest BCUT2D eigenvalue weighted by atomic mass is 10.0. The van der Waals surface area contributed by atoms with Crippen LogP contribution >= 0.6 is 11.6 Å². The van der Waals surface area contributed by atoms with Crippen LogP contribution in [0.15, 0.2) is 36.4 Å². The zero-order chi connectivity index (χ0) is 15.4. The van der Waals surface area contributed by atoms with Crippen LogP contribution in [0.1, 0.15) is 42.7 Å². The molecule has 1 aromatic carbocycles. The fraction of sp³-hybridized carbons (Fsp3) is 0.294. The van der Waals surface area contributed by atoms with Crippen molar-refractivity contribution in [3.63, 3.8) is 0 Å². The van der Waals surface area contributed by atoms with Crippen molar-refractivity contribution in [2.45, 2.75) is 26.7 Å². The Bertz CT molecular complexity index is 653. The zero-order valence-corrected chi connectivity index (χ0v) is 13.1. The van der Waals surface area contributed by atoms with E-state index in [1.807, 2.05) is 44.2 Å². The van der Waals surface area contributed by atoms with Gasteiger partial charge in [0.25, 0.3) is 0 Å². The second-order valence-corrected chi connectivity index (χ2v) is 5.45. The summed E-state index contributed by atoms with van der Waals surface area (Å²) in [6, 6.07) is 11.1. The smallest absolute Gasteiger partial charge is 0.339 e. The van der Waals surface area contributed by atoms with Gasteiger partial charge in [-0.1, -0.05) is 37.6 Å². The second kappa shape index (κ2) is 6.72. The van der Waals surface area contributed by atoms with E-state index in [2.05, 4.69) is 4.98 Å². The molecule has 0 radical (unpaired) electrons. The summed E-state index contributed by atoms with van der Waals surface area (Å²) in [5, 5.41) is 0.662. The number of hydrogen-bond donors (Lipinski definition) is 0. The molecule has 0 amide bonds. The monoisotopic (exact) mass is 303 g/mol. The van der Waals surface area contributed by atoms with E-state index in [0.29, 0.717) is 17.2 Å². The fourth-order valence-corrected chi connectivity index (χ4v) is 2.30.